The predicted molar refractivity (Wildman–Crippen MR) is 105 cm³/mol. The van der Waals surface area contributed by atoms with Gasteiger partial charge >= 0.3 is 0 Å². The highest BCUT2D eigenvalue weighted by Gasteiger charge is 2.48. The molecule has 7 heteroatoms. The van der Waals surface area contributed by atoms with Crippen molar-refractivity contribution in [2.75, 3.05) is 11.5 Å². The van der Waals surface area contributed by atoms with Crippen molar-refractivity contribution in [3.05, 3.63) is 53.9 Å². The molecule has 2 atom stereocenters. The first-order valence-corrected chi connectivity index (χ1v) is 9.91. The summed E-state index contributed by atoms with van der Waals surface area (Å²) in [5.74, 6) is -1.20. The van der Waals surface area contributed by atoms with E-state index >= 15 is 0 Å². The van der Waals surface area contributed by atoms with Gasteiger partial charge < -0.3 is 14.6 Å². The molecule has 0 bridgehead atoms. The topological polar surface area (TPSA) is 58.2 Å². The van der Waals surface area contributed by atoms with E-state index in [0.29, 0.717) is 23.7 Å². The highest BCUT2D eigenvalue weighted by atomic mass is 19.1. The zero-order valence-electron chi connectivity index (χ0n) is 16.0. The number of nitrogens with zero attached hydrogens (tertiary/aromatic N) is 2. The quantitative estimate of drug-likeness (QED) is 0.611. The van der Waals surface area contributed by atoms with Crippen molar-refractivity contribution < 1.29 is 18.3 Å². The lowest BCUT2D eigenvalue weighted by Crippen LogP contribution is -2.54. The van der Waals surface area contributed by atoms with Crippen LogP contribution in [0.4, 0.5) is 14.5 Å². The second-order valence-electron chi connectivity index (χ2n) is 7.93. The van der Waals surface area contributed by atoms with E-state index in [9.17, 15) is 13.6 Å². The molecular formula is C22H21F2N3O2. The van der Waals surface area contributed by atoms with Crippen molar-refractivity contribution in [3.63, 3.8) is 0 Å². The largest absolute Gasteiger partial charge is 0.493 e. The van der Waals surface area contributed by atoms with Gasteiger partial charge in [-0.2, -0.15) is 0 Å². The molecule has 1 aliphatic heterocycles. The van der Waals surface area contributed by atoms with Gasteiger partial charge in [0.15, 0.2) is 0 Å². The van der Waals surface area contributed by atoms with E-state index in [2.05, 4.69) is 9.97 Å². The molecule has 0 spiro atoms. The Balaban J connectivity index is 1.43. The second kappa shape index (κ2) is 6.83. The van der Waals surface area contributed by atoms with E-state index in [0.717, 1.165) is 11.9 Å². The fraction of sp³-hybridized carbons (Fsp3) is 0.364. The normalized spacial score (nSPS) is 21.5. The average Bonchev–Trinajstić information content (AvgIpc) is 3.40. The molecule has 5 nitrogen and oxygen atoms in total. The van der Waals surface area contributed by atoms with Gasteiger partial charge in [-0.3, -0.25) is 4.79 Å². The Hall–Kier alpha value is -2.96. The molecule has 5 rings (SSSR count). The highest BCUT2D eigenvalue weighted by molar-refractivity contribution is 6.04. The Morgan fingerprint density at radius 1 is 1.21 bits per heavy atom. The number of β-lactam (4-membered cyclic amide) rings is 1. The Morgan fingerprint density at radius 3 is 2.69 bits per heavy atom. The molecule has 1 saturated heterocycles. The molecule has 2 unspecified atom stereocenters. The number of fused-ring (bicyclic) bond motifs is 1. The number of aromatic nitrogens is 2. The summed E-state index contributed by atoms with van der Waals surface area (Å²) in [7, 11) is 0. The van der Waals surface area contributed by atoms with E-state index in [1.54, 1.807) is 31.5 Å². The third-order valence-electron chi connectivity index (χ3n) is 5.90. The van der Waals surface area contributed by atoms with Crippen LogP contribution in [-0.4, -0.2) is 22.5 Å². The Labute approximate surface area is 166 Å². The summed E-state index contributed by atoms with van der Waals surface area (Å²) < 4.78 is 35.3. The first kappa shape index (κ1) is 18.1. The van der Waals surface area contributed by atoms with Gasteiger partial charge in [-0.1, -0.05) is 19.8 Å². The SMILES string of the molecule is CC1C(=O)N(c2ccc3[nH]cnc3c2)C1c1c(F)cc(OCCC2CC2)cc1F. The number of imidazole rings is 1. The monoisotopic (exact) mass is 397 g/mol. The van der Waals surface area contributed by atoms with Gasteiger partial charge in [-0.25, -0.2) is 13.8 Å². The van der Waals surface area contributed by atoms with Gasteiger partial charge in [0.1, 0.15) is 17.4 Å². The first-order valence-electron chi connectivity index (χ1n) is 9.91. The average molecular weight is 397 g/mol. The number of rotatable bonds is 6. The third-order valence-corrected chi connectivity index (χ3v) is 5.90. The molecule has 1 aliphatic carbocycles. The lowest BCUT2D eigenvalue weighted by atomic mass is 9.82. The van der Waals surface area contributed by atoms with E-state index in [4.69, 9.17) is 4.74 Å². The molecule has 29 heavy (non-hydrogen) atoms. The maximum Gasteiger partial charge on any atom is 0.232 e. The van der Waals surface area contributed by atoms with E-state index in [1.165, 1.54) is 29.9 Å². The molecule has 2 fully saturated rings. The number of hydrogen-bond acceptors (Lipinski definition) is 3. The van der Waals surface area contributed by atoms with Crippen molar-refractivity contribution in [2.45, 2.75) is 32.2 Å². The molecule has 150 valence electrons. The van der Waals surface area contributed by atoms with Gasteiger partial charge in [0.05, 0.1) is 35.9 Å². The van der Waals surface area contributed by atoms with Crippen molar-refractivity contribution in [1.82, 2.24) is 9.97 Å². The van der Waals surface area contributed by atoms with Crippen molar-refractivity contribution in [3.8, 4) is 5.75 Å². The minimum atomic E-state index is -0.709. The van der Waals surface area contributed by atoms with Gasteiger partial charge in [0, 0.05) is 23.4 Å². The van der Waals surface area contributed by atoms with Gasteiger partial charge in [-0.15, -0.1) is 0 Å². The van der Waals surface area contributed by atoms with E-state index < -0.39 is 23.6 Å². The summed E-state index contributed by atoms with van der Waals surface area (Å²) in [5.41, 5.74) is 1.99. The van der Waals surface area contributed by atoms with Crippen LogP contribution in [0, 0.1) is 23.5 Å². The number of halogens is 2. The summed E-state index contributed by atoms with van der Waals surface area (Å²) in [4.78, 5) is 21.2. The van der Waals surface area contributed by atoms with E-state index in [-0.39, 0.29) is 17.2 Å². The number of benzene rings is 2. The molecule has 1 aromatic heterocycles. The summed E-state index contributed by atoms with van der Waals surface area (Å²) in [6, 6.07) is 7.02. The second-order valence-corrected chi connectivity index (χ2v) is 7.93. The summed E-state index contributed by atoms with van der Waals surface area (Å²) in [5, 5.41) is 0. The lowest BCUT2D eigenvalue weighted by Gasteiger charge is -2.46. The summed E-state index contributed by atoms with van der Waals surface area (Å²) in [6.45, 7) is 2.15. The molecule has 2 heterocycles. The van der Waals surface area contributed by atoms with Crippen LogP contribution in [0.1, 0.15) is 37.8 Å². The standard InChI is InChI=1S/C22H21F2N3O2/c1-12-21(27(22(12)28)14-4-5-18-19(8-14)26-11-25-18)20-16(23)9-15(10-17(20)24)29-7-6-13-2-3-13/h4-5,8-13,21H,2-3,6-7H2,1H3,(H,25,26). The number of ether oxygens (including phenoxy) is 1. The van der Waals surface area contributed by atoms with Crippen molar-refractivity contribution >= 4 is 22.6 Å². The first-order chi connectivity index (χ1) is 14.0. The maximum absolute atomic E-state index is 14.9. The predicted octanol–water partition coefficient (Wildman–Crippen LogP) is 4.74. The number of nitrogens with one attached hydrogen (secondary N) is 1. The molecule has 1 N–H and O–H groups in total. The molecule has 1 saturated carbocycles. The number of anilines is 1. The number of aromatic amines is 1. The number of carbonyl (C=O) groups excluding carboxylic acids is 1. The van der Waals surface area contributed by atoms with Crippen LogP contribution >= 0.6 is 0 Å². The zero-order valence-corrected chi connectivity index (χ0v) is 16.0. The molecule has 1 amide bonds. The fourth-order valence-electron chi connectivity index (χ4n) is 4.05. The minimum absolute atomic E-state index is 0.103. The molecule has 0 radical (unpaired) electrons. The van der Waals surface area contributed by atoms with Crippen LogP contribution in [0.15, 0.2) is 36.7 Å². The van der Waals surface area contributed by atoms with E-state index in [1.807, 2.05) is 0 Å². The third kappa shape index (κ3) is 3.14. The summed E-state index contributed by atoms with van der Waals surface area (Å²) in [6.07, 6.45) is 4.88. The van der Waals surface area contributed by atoms with Crippen LogP contribution in [0.25, 0.3) is 11.0 Å². The van der Waals surface area contributed by atoms with Gasteiger partial charge in [0.2, 0.25) is 5.91 Å². The van der Waals surface area contributed by atoms with Crippen LogP contribution in [0.3, 0.4) is 0 Å². The number of carbonyl (C=O) groups is 1. The summed E-state index contributed by atoms with van der Waals surface area (Å²) >= 11 is 0. The van der Waals surface area contributed by atoms with Crippen molar-refractivity contribution in [1.29, 1.82) is 0 Å². The highest BCUT2D eigenvalue weighted by Crippen LogP contribution is 2.45. The van der Waals surface area contributed by atoms with Crippen LogP contribution in [-0.2, 0) is 4.79 Å². The van der Waals surface area contributed by atoms with Crippen LogP contribution in [0.2, 0.25) is 0 Å². The molecule has 3 aromatic rings. The van der Waals surface area contributed by atoms with Gasteiger partial charge in [0.25, 0.3) is 0 Å². The number of hydrogen-bond donors (Lipinski definition) is 1. The molecular weight excluding hydrogens is 376 g/mol. The number of amides is 1. The molecule has 2 aliphatic rings. The van der Waals surface area contributed by atoms with Crippen LogP contribution < -0.4 is 9.64 Å². The minimum Gasteiger partial charge on any atom is -0.493 e. The van der Waals surface area contributed by atoms with Gasteiger partial charge in [-0.05, 0) is 30.5 Å². The Bertz CT molecular complexity index is 1070. The zero-order chi connectivity index (χ0) is 20.1. The Morgan fingerprint density at radius 2 is 1.97 bits per heavy atom. The van der Waals surface area contributed by atoms with Crippen LogP contribution in [0.5, 0.6) is 5.75 Å². The smallest absolute Gasteiger partial charge is 0.232 e. The lowest BCUT2D eigenvalue weighted by molar-refractivity contribution is -0.129. The number of H-pyrrole nitrogens is 1. The van der Waals surface area contributed by atoms with Crippen molar-refractivity contribution in [2.24, 2.45) is 11.8 Å². The Kier molecular flexibility index (Phi) is 4.26. The fourth-order valence-corrected chi connectivity index (χ4v) is 4.05. The molecule has 2 aromatic carbocycles. The maximum atomic E-state index is 14.9.